The van der Waals surface area contributed by atoms with Crippen molar-refractivity contribution in [3.8, 4) is 11.5 Å². The fourth-order valence-corrected chi connectivity index (χ4v) is 2.49. The highest BCUT2D eigenvalue weighted by molar-refractivity contribution is 5.52. The fraction of sp³-hybridized carbons (Fsp3) is 0.467. The molecule has 1 unspecified atom stereocenters. The topological polar surface area (TPSA) is 54.2 Å². The van der Waals surface area contributed by atoms with Crippen molar-refractivity contribution in [2.24, 2.45) is 0 Å². The molecule has 1 atom stereocenters. The lowest BCUT2D eigenvalue weighted by Crippen LogP contribution is -2.32. The summed E-state index contributed by atoms with van der Waals surface area (Å²) < 4.78 is 5.76. The van der Waals surface area contributed by atoms with Crippen molar-refractivity contribution in [1.29, 1.82) is 0 Å². The normalized spacial score (nSPS) is 18.9. The predicted molar refractivity (Wildman–Crippen MR) is 77.2 cm³/mol. The molecule has 2 heterocycles. The van der Waals surface area contributed by atoms with E-state index < -0.39 is 0 Å². The lowest BCUT2D eigenvalue weighted by atomic mass is 10.1. The maximum absolute atomic E-state index is 5.76. The van der Waals surface area contributed by atoms with Crippen molar-refractivity contribution < 1.29 is 4.42 Å². The van der Waals surface area contributed by atoms with Crippen molar-refractivity contribution in [2.45, 2.75) is 25.9 Å². The lowest BCUT2D eigenvalue weighted by Gasteiger charge is -2.21. The molecule has 20 heavy (non-hydrogen) atoms. The van der Waals surface area contributed by atoms with Gasteiger partial charge in [0.2, 0.25) is 11.8 Å². The van der Waals surface area contributed by atoms with E-state index in [2.05, 4.69) is 46.5 Å². The molecule has 5 nitrogen and oxygen atoms in total. The molecule has 1 aromatic heterocycles. The maximum Gasteiger partial charge on any atom is 0.247 e. The van der Waals surface area contributed by atoms with Gasteiger partial charge in [-0.15, -0.1) is 10.2 Å². The number of aromatic nitrogens is 2. The van der Waals surface area contributed by atoms with Crippen LogP contribution in [0, 0.1) is 6.92 Å². The number of hydrogen-bond donors (Lipinski definition) is 1. The third-order valence-corrected chi connectivity index (χ3v) is 3.81. The molecule has 0 amide bonds. The van der Waals surface area contributed by atoms with E-state index in [0.29, 0.717) is 24.4 Å². The van der Waals surface area contributed by atoms with Crippen molar-refractivity contribution in [3.63, 3.8) is 0 Å². The second-order valence-corrected chi connectivity index (χ2v) is 5.43. The van der Waals surface area contributed by atoms with E-state index in [9.17, 15) is 0 Å². The van der Waals surface area contributed by atoms with E-state index in [1.807, 2.05) is 12.1 Å². The summed E-state index contributed by atoms with van der Waals surface area (Å²) in [7, 11) is 2.10. The molecule has 2 aromatic rings. The summed E-state index contributed by atoms with van der Waals surface area (Å²) in [4.78, 5) is 2.27. The van der Waals surface area contributed by atoms with Gasteiger partial charge in [-0.05, 0) is 39.1 Å². The van der Waals surface area contributed by atoms with Gasteiger partial charge in [0.05, 0.1) is 6.54 Å². The molecule has 0 aliphatic carbocycles. The van der Waals surface area contributed by atoms with Crippen LogP contribution < -0.4 is 5.32 Å². The highest BCUT2D eigenvalue weighted by Crippen LogP contribution is 2.19. The Hall–Kier alpha value is -1.72. The predicted octanol–water partition coefficient (Wildman–Crippen LogP) is 1.84. The number of rotatable bonds is 4. The van der Waals surface area contributed by atoms with Gasteiger partial charge in [0.25, 0.3) is 0 Å². The molecule has 0 spiro atoms. The van der Waals surface area contributed by atoms with Crippen LogP contribution >= 0.6 is 0 Å². The molecule has 1 saturated heterocycles. The summed E-state index contributed by atoms with van der Waals surface area (Å²) in [6, 6.07) is 8.68. The SMILES string of the molecule is Cc1ccc(-c2nnc(CN(C)C3CCNC3)o2)cc1. The average molecular weight is 272 g/mol. The largest absolute Gasteiger partial charge is 0.419 e. The van der Waals surface area contributed by atoms with E-state index >= 15 is 0 Å². The van der Waals surface area contributed by atoms with Crippen LogP contribution in [0.4, 0.5) is 0 Å². The molecule has 106 valence electrons. The van der Waals surface area contributed by atoms with Gasteiger partial charge < -0.3 is 9.73 Å². The van der Waals surface area contributed by atoms with E-state index in [1.54, 1.807) is 0 Å². The fourth-order valence-electron chi connectivity index (χ4n) is 2.49. The van der Waals surface area contributed by atoms with Crippen LogP contribution in [-0.2, 0) is 6.54 Å². The summed E-state index contributed by atoms with van der Waals surface area (Å²) in [5.41, 5.74) is 2.20. The summed E-state index contributed by atoms with van der Waals surface area (Å²) >= 11 is 0. The van der Waals surface area contributed by atoms with Crippen molar-refractivity contribution in [2.75, 3.05) is 20.1 Å². The Morgan fingerprint density at radius 2 is 2.10 bits per heavy atom. The summed E-state index contributed by atoms with van der Waals surface area (Å²) in [5.74, 6) is 1.27. The van der Waals surface area contributed by atoms with Gasteiger partial charge >= 0.3 is 0 Å². The Balaban J connectivity index is 1.68. The van der Waals surface area contributed by atoms with E-state index in [4.69, 9.17) is 4.42 Å². The van der Waals surface area contributed by atoms with E-state index in [-0.39, 0.29) is 0 Å². The summed E-state index contributed by atoms with van der Waals surface area (Å²) in [6.07, 6.45) is 1.18. The molecule has 0 radical (unpaired) electrons. The van der Waals surface area contributed by atoms with Gasteiger partial charge in [-0.3, -0.25) is 4.90 Å². The van der Waals surface area contributed by atoms with Crippen molar-refractivity contribution >= 4 is 0 Å². The van der Waals surface area contributed by atoms with Crippen LogP contribution in [0.3, 0.4) is 0 Å². The zero-order chi connectivity index (χ0) is 13.9. The molecule has 1 N–H and O–H groups in total. The van der Waals surface area contributed by atoms with Crippen LogP contribution in [0.25, 0.3) is 11.5 Å². The smallest absolute Gasteiger partial charge is 0.247 e. The van der Waals surface area contributed by atoms with Crippen molar-refractivity contribution in [3.05, 3.63) is 35.7 Å². The molecule has 5 heteroatoms. The first-order valence-corrected chi connectivity index (χ1v) is 7.03. The first kappa shape index (κ1) is 13.3. The zero-order valence-electron chi connectivity index (χ0n) is 12.0. The van der Waals surface area contributed by atoms with Gasteiger partial charge in [-0.25, -0.2) is 0 Å². The highest BCUT2D eigenvalue weighted by Gasteiger charge is 2.21. The van der Waals surface area contributed by atoms with Crippen molar-refractivity contribution in [1.82, 2.24) is 20.4 Å². The molecule has 1 aliphatic rings. The second-order valence-electron chi connectivity index (χ2n) is 5.43. The van der Waals surface area contributed by atoms with Gasteiger partial charge in [-0.2, -0.15) is 0 Å². The Labute approximate surface area is 119 Å². The molecule has 1 aromatic carbocycles. The van der Waals surface area contributed by atoms with E-state index in [1.165, 1.54) is 12.0 Å². The number of benzene rings is 1. The molecule has 0 bridgehead atoms. The molecular weight excluding hydrogens is 252 g/mol. The highest BCUT2D eigenvalue weighted by atomic mass is 16.4. The van der Waals surface area contributed by atoms with Gasteiger partial charge in [0.1, 0.15) is 0 Å². The zero-order valence-corrected chi connectivity index (χ0v) is 12.0. The second kappa shape index (κ2) is 5.73. The Kier molecular flexibility index (Phi) is 3.80. The summed E-state index contributed by atoms with van der Waals surface area (Å²) in [6.45, 7) is 4.89. The van der Waals surface area contributed by atoms with Crippen LogP contribution in [-0.4, -0.2) is 41.3 Å². The number of nitrogens with zero attached hydrogens (tertiary/aromatic N) is 3. The minimum absolute atomic E-state index is 0.560. The standard InChI is InChI=1S/C15H20N4O/c1-11-3-5-12(6-4-11)15-18-17-14(20-15)10-19(2)13-7-8-16-9-13/h3-6,13,16H,7-10H2,1-2H3. The Morgan fingerprint density at radius 3 is 2.80 bits per heavy atom. The minimum Gasteiger partial charge on any atom is -0.419 e. The lowest BCUT2D eigenvalue weighted by molar-refractivity contribution is 0.226. The van der Waals surface area contributed by atoms with Crippen LogP contribution in [0.1, 0.15) is 17.9 Å². The molecule has 3 rings (SSSR count). The third-order valence-electron chi connectivity index (χ3n) is 3.81. The molecule has 1 aliphatic heterocycles. The van der Waals surface area contributed by atoms with Gasteiger partial charge in [0, 0.05) is 18.2 Å². The maximum atomic E-state index is 5.76. The van der Waals surface area contributed by atoms with Gasteiger partial charge in [0.15, 0.2) is 0 Å². The molecule has 1 fully saturated rings. The van der Waals surface area contributed by atoms with Crippen LogP contribution in [0.15, 0.2) is 28.7 Å². The molecule has 0 saturated carbocycles. The number of nitrogens with one attached hydrogen (secondary N) is 1. The Bertz CT molecular complexity index is 558. The summed E-state index contributed by atoms with van der Waals surface area (Å²) in [5, 5.41) is 11.7. The first-order chi connectivity index (χ1) is 9.72. The van der Waals surface area contributed by atoms with Crippen LogP contribution in [0.2, 0.25) is 0 Å². The minimum atomic E-state index is 0.560. The quantitative estimate of drug-likeness (QED) is 0.920. The average Bonchev–Trinajstić information content (AvgIpc) is 3.10. The number of aryl methyl sites for hydroxylation is 1. The van der Waals surface area contributed by atoms with E-state index in [0.717, 1.165) is 18.7 Å². The number of likely N-dealkylation sites (N-methyl/N-ethyl adjacent to an activating group) is 1. The van der Waals surface area contributed by atoms with Crippen LogP contribution in [0.5, 0.6) is 0 Å². The third kappa shape index (κ3) is 2.89. The molecular formula is C15H20N4O. The monoisotopic (exact) mass is 272 g/mol. The first-order valence-electron chi connectivity index (χ1n) is 7.03. The van der Waals surface area contributed by atoms with Gasteiger partial charge in [-0.1, -0.05) is 17.7 Å². The Morgan fingerprint density at radius 1 is 1.30 bits per heavy atom. The number of hydrogen-bond acceptors (Lipinski definition) is 5.